The molecule has 4 nitrogen and oxygen atoms in total. The van der Waals surface area contributed by atoms with Crippen LogP contribution in [0, 0.1) is 0 Å². The molecule has 2 heterocycles. The van der Waals surface area contributed by atoms with Gasteiger partial charge in [0.2, 0.25) is 5.91 Å². The van der Waals surface area contributed by atoms with Crippen LogP contribution in [0.15, 0.2) is 47.4 Å². The molecule has 0 bridgehead atoms. The minimum atomic E-state index is 0.0402. The molecule has 1 atom stereocenters. The molecular weight excluding hydrogens is 322 g/mol. The van der Waals surface area contributed by atoms with E-state index in [1.54, 1.807) is 0 Å². The van der Waals surface area contributed by atoms with E-state index in [0.717, 1.165) is 29.2 Å². The first-order chi connectivity index (χ1) is 11.8. The summed E-state index contributed by atoms with van der Waals surface area (Å²) in [6.07, 6.45) is 1.32. The topological polar surface area (TPSA) is 47.6 Å². The van der Waals surface area contributed by atoms with Crippen LogP contribution in [0.1, 0.15) is 23.6 Å². The Balaban J connectivity index is 1.44. The second kappa shape index (κ2) is 6.77. The SMILES string of the molecule is O=C(Cc1ccc2c(c1)OCCO2)N[C@@H]1CCSc2ccccc21. The van der Waals surface area contributed by atoms with E-state index in [0.29, 0.717) is 19.6 Å². The third-order valence-corrected chi connectivity index (χ3v) is 5.39. The molecule has 2 aromatic rings. The molecule has 124 valence electrons. The summed E-state index contributed by atoms with van der Waals surface area (Å²) in [5, 5.41) is 3.18. The Morgan fingerprint density at radius 1 is 1.12 bits per heavy atom. The lowest BCUT2D eigenvalue weighted by molar-refractivity contribution is -0.121. The predicted octanol–water partition coefficient (Wildman–Crippen LogP) is 3.35. The second-order valence-electron chi connectivity index (χ2n) is 5.95. The van der Waals surface area contributed by atoms with E-state index in [2.05, 4.69) is 17.4 Å². The van der Waals surface area contributed by atoms with Crippen LogP contribution in [0.4, 0.5) is 0 Å². The quantitative estimate of drug-likeness (QED) is 0.930. The van der Waals surface area contributed by atoms with E-state index < -0.39 is 0 Å². The molecule has 0 radical (unpaired) electrons. The van der Waals surface area contributed by atoms with Crippen LogP contribution in [0.25, 0.3) is 0 Å². The summed E-state index contributed by atoms with van der Waals surface area (Å²) in [6, 6.07) is 14.1. The lowest BCUT2D eigenvalue weighted by Crippen LogP contribution is -2.31. The molecule has 0 saturated heterocycles. The zero-order valence-corrected chi connectivity index (χ0v) is 14.1. The number of amides is 1. The van der Waals surface area contributed by atoms with Crippen molar-refractivity contribution < 1.29 is 14.3 Å². The van der Waals surface area contributed by atoms with Gasteiger partial charge in [0, 0.05) is 10.6 Å². The van der Waals surface area contributed by atoms with Crippen molar-refractivity contribution in [3.8, 4) is 11.5 Å². The lowest BCUT2D eigenvalue weighted by atomic mass is 10.0. The molecule has 0 saturated carbocycles. The van der Waals surface area contributed by atoms with Crippen molar-refractivity contribution in [2.24, 2.45) is 0 Å². The van der Waals surface area contributed by atoms with Crippen LogP contribution in [0.5, 0.6) is 11.5 Å². The van der Waals surface area contributed by atoms with Gasteiger partial charge >= 0.3 is 0 Å². The summed E-state index contributed by atoms with van der Waals surface area (Å²) in [5.74, 6) is 2.55. The molecule has 4 rings (SSSR count). The smallest absolute Gasteiger partial charge is 0.224 e. The number of carbonyl (C=O) groups excluding carboxylic acids is 1. The summed E-state index contributed by atoms with van der Waals surface area (Å²) in [5.41, 5.74) is 2.17. The standard InChI is InChI=1S/C19H19NO3S/c21-19(12-13-5-6-16-17(11-13)23-9-8-22-16)20-15-7-10-24-18-4-2-1-3-14(15)18/h1-6,11,15H,7-10,12H2,(H,20,21)/t15-/m1/s1. The molecule has 24 heavy (non-hydrogen) atoms. The van der Waals surface area contributed by atoms with Gasteiger partial charge in [-0.2, -0.15) is 0 Å². The van der Waals surface area contributed by atoms with Crippen molar-refractivity contribution in [1.29, 1.82) is 0 Å². The zero-order valence-electron chi connectivity index (χ0n) is 13.3. The van der Waals surface area contributed by atoms with Gasteiger partial charge in [-0.25, -0.2) is 0 Å². The molecule has 2 aromatic carbocycles. The van der Waals surface area contributed by atoms with Crippen molar-refractivity contribution >= 4 is 17.7 Å². The van der Waals surface area contributed by atoms with Crippen LogP contribution in [0.3, 0.4) is 0 Å². The van der Waals surface area contributed by atoms with E-state index in [4.69, 9.17) is 9.47 Å². The number of ether oxygens (including phenoxy) is 2. The second-order valence-corrected chi connectivity index (χ2v) is 7.09. The molecule has 0 unspecified atom stereocenters. The molecule has 0 spiro atoms. The highest BCUT2D eigenvalue weighted by Crippen LogP contribution is 2.36. The van der Waals surface area contributed by atoms with E-state index in [9.17, 15) is 4.79 Å². The van der Waals surface area contributed by atoms with E-state index in [1.165, 1.54) is 10.5 Å². The number of fused-ring (bicyclic) bond motifs is 2. The van der Waals surface area contributed by atoms with Gasteiger partial charge in [0.25, 0.3) is 0 Å². The average Bonchev–Trinajstić information content (AvgIpc) is 2.62. The summed E-state index contributed by atoms with van der Waals surface area (Å²) in [7, 11) is 0. The summed E-state index contributed by atoms with van der Waals surface area (Å²) >= 11 is 1.86. The first kappa shape index (κ1) is 15.4. The van der Waals surface area contributed by atoms with Crippen molar-refractivity contribution in [3.63, 3.8) is 0 Å². The fraction of sp³-hybridized carbons (Fsp3) is 0.316. The first-order valence-corrected chi connectivity index (χ1v) is 9.18. The van der Waals surface area contributed by atoms with Crippen LogP contribution in [-0.4, -0.2) is 24.9 Å². The molecule has 2 aliphatic rings. The Kier molecular flexibility index (Phi) is 4.34. The minimum Gasteiger partial charge on any atom is -0.486 e. The molecule has 0 fully saturated rings. The highest BCUT2D eigenvalue weighted by atomic mass is 32.2. The Bertz CT molecular complexity index is 762. The summed E-state index contributed by atoms with van der Waals surface area (Å²) in [6.45, 7) is 1.13. The average molecular weight is 341 g/mol. The predicted molar refractivity (Wildman–Crippen MR) is 93.8 cm³/mol. The van der Waals surface area contributed by atoms with Gasteiger partial charge in [-0.1, -0.05) is 24.3 Å². The van der Waals surface area contributed by atoms with Gasteiger partial charge in [0.1, 0.15) is 13.2 Å². The zero-order chi connectivity index (χ0) is 16.4. The molecule has 0 aromatic heterocycles. The van der Waals surface area contributed by atoms with Gasteiger partial charge in [-0.15, -0.1) is 11.8 Å². The maximum Gasteiger partial charge on any atom is 0.224 e. The normalized spacial score (nSPS) is 18.6. The van der Waals surface area contributed by atoms with E-state index in [-0.39, 0.29) is 11.9 Å². The Morgan fingerprint density at radius 3 is 2.88 bits per heavy atom. The van der Waals surface area contributed by atoms with Gasteiger partial charge in [0.05, 0.1) is 12.5 Å². The molecular formula is C19H19NO3S. The summed E-state index contributed by atoms with van der Waals surface area (Å²) in [4.78, 5) is 13.7. The lowest BCUT2D eigenvalue weighted by Gasteiger charge is -2.26. The van der Waals surface area contributed by atoms with Crippen LogP contribution < -0.4 is 14.8 Å². The number of rotatable bonds is 3. The highest BCUT2D eigenvalue weighted by Gasteiger charge is 2.22. The van der Waals surface area contributed by atoms with Crippen LogP contribution in [0.2, 0.25) is 0 Å². The number of carbonyl (C=O) groups is 1. The number of hydrogen-bond donors (Lipinski definition) is 1. The fourth-order valence-electron chi connectivity index (χ4n) is 3.12. The number of benzene rings is 2. The van der Waals surface area contributed by atoms with Crippen molar-refractivity contribution in [1.82, 2.24) is 5.32 Å². The number of hydrogen-bond acceptors (Lipinski definition) is 4. The van der Waals surface area contributed by atoms with Crippen LogP contribution in [-0.2, 0) is 11.2 Å². The third-order valence-electron chi connectivity index (χ3n) is 4.27. The van der Waals surface area contributed by atoms with Gasteiger partial charge < -0.3 is 14.8 Å². The largest absolute Gasteiger partial charge is 0.486 e. The van der Waals surface area contributed by atoms with Crippen molar-refractivity contribution in [2.75, 3.05) is 19.0 Å². The first-order valence-electron chi connectivity index (χ1n) is 8.19. The molecule has 1 N–H and O–H groups in total. The number of thioether (sulfide) groups is 1. The molecule has 2 aliphatic heterocycles. The minimum absolute atomic E-state index is 0.0402. The third kappa shape index (κ3) is 3.22. The van der Waals surface area contributed by atoms with E-state index in [1.807, 2.05) is 42.1 Å². The van der Waals surface area contributed by atoms with Gasteiger partial charge in [-0.05, 0) is 35.7 Å². The van der Waals surface area contributed by atoms with Gasteiger partial charge in [-0.3, -0.25) is 4.79 Å². The Hall–Kier alpha value is -2.14. The van der Waals surface area contributed by atoms with Crippen molar-refractivity contribution in [3.05, 3.63) is 53.6 Å². The maximum absolute atomic E-state index is 12.5. The fourth-order valence-corrected chi connectivity index (χ4v) is 4.25. The van der Waals surface area contributed by atoms with Crippen LogP contribution >= 0.6 is 11.8 Å². The maximum atomic E-state index is 12.5. The monoisotopic (exact) mass is 341 g/mol. The molecule has 0 aliphatic carbocycles. The highest BCUT2D eigenvalue weighted by molar-refractivity contribution is 7.99. The van der Waals surface area contributed by atoms with Crippen molar-refractivity contribution in [2.45, 2.75) is 23.8 Å². The number of nitrogens with one attached hydrogen (secondary N) is 1. The Labute approximate surface area is 145 Å². The molecule has 1 amide bonds. The van der Waals surface area contributed by atoms with Gasteiger partial charge in [0.15, 0.2) is 11.5 Å². The Morgan fingerprint density at radius 2 is 1.96 bits per heavy atom. The molecule has 5 heteroatoms. The van der Waals surface area contributed by atoms with E-state index >= 15 is 0 Å². The summed E-state index contributed by atoms with van der Waals surface area (Å²) < 4.78 is 11.1.